The Morgan fingerprint density at radius 3 is 2.44 bits per heavy atom. The number of hydrogen-bond acceptors (Lipinski definition) is 4. The maximum Gasteiger partial charge on any atom is 0.201 e. The number of Topliss-reactive ketones (excluding diaryl/α,β-unsaturated/α-hetero) is 1. The zero-order valence-electron chi connectivity index (χ0n) is 20.9. The maximum absolute atomic E-state index is 13.8. The molecular formula is C30H31N3O2S. The molecule has 0 fully saturated rings. The van der Waals surface area contributed by atoms with Gasteiger partial charge in [0, 0.05) is 16.9 Å². The highest BCUT2D eigenvalue weighted by Crippen LogP contribution is 2.53. The van der Waals surface area contributed by atoms with Crippen molar-refractivity contribution in [1.29, 1.82) is 0 Å². The molecule has 0 radical (unpaired) electrons. The monoisotopic (exact) mass is 497 g/mol. The van der Waals surface area contributed by atoms with Gasteiger partial charge in [0.15, 0.2) is 5.78 Å². The molecule has 0 saturated carbocycles. The third-order valence-electron chi connectivity index (χ3n) is 6.52. The molecule has 0 aromatic heterocycles. The summed E-state index contributed by atoms with van der Waals surface area (Å²) in [6.45, 7) is 6.90. The Kier molecular flexibility index (Phi) is 6.63. The van der Waals surface area contributed by atoms with Gasteiger partial charge in [-0.3, -0.25) is 9.69 Å². The van der Waals surface area contributed by atoms with E-state index < -0.39 is 6.04 Å². The van der Waals surface area contributed by atoms with E-state index in [1.807, 2.05) is 78.6 Å². The van der Waals surface area contributed by atoms with Crippen LogP contribution in [-0.4, -0.2) is 18.3 Å². The fourth-order valence-corrected chi connectivity index (χ4v) is 6.47. The molecule has 5 nitrogen and oxygen atoms in total. The highest BCUT2D eigenvalue weighted by molar-refractivity contribution is 8.03. The zero-order chi connectivity index (χ0) is 25.3. The third kappa shape index (κ3) is 4.78. The van der Waals surface area contributed by atoms with Crippen molar-refractivity contribution in [2.45, 2.75) is 44.6 Å². The van der Waals surface area contributed by atoms with Crippen LogP contribution in [0.4, 0.5) is 11.4 Å². The van der Waals surface area contributed by atoms with Gasteiger partial charge in [-0.25, -0.2) is 4.99 Å². The Balaban J connectivity index is 1.74. The number of aliphatic imine (C=N–C) groups is 1. The number of rotatable bonds is 4. The lowest BCUT2D eigenvalue weighted by molar-refractivity contribution is -0.118. The standard InChI is InChI=1S/C30H31N3O2S/c1-4-35-22-16-14-20(15-17-22)28-27-24(34)18-30(2,3)19-26(27)36-25-13-9-8-12-23(25)33(28)29(31)32-21-10-6-5-7-11-21/h5-17,28H,4,18-19H2,1-3H3,(H2,31,32). The van der Waals surface area contributed by atoms with E-state index in [0.717, 1.165) is 44.5 Å². The highest BCUT2D eigenvalue weighted by atomic mass is 32.2. The molecule has 36 heavy (non-hydrogen) atoms. The van der Waals surface area contributed by atoms with Crippen LogP contribution < -0.4 is 15.4 Å². The number of benzene rings is 3. The quantitative estimate of drug-likeness (QED) is 0.310. The van der Waals surface area contributed by atoms with Gasteiger partial charge in [0.25, 0.3) is 0 Å². The van der Waals surface area contributed by atoms with Crippen LogP contribution in [0.2, 0.25) is 0 Å². The minimum atomic E-state index is -0.400. The first kappa shape index (κ1) is 24.2. The van der Waals surface area contributed by atoms with Gasteiger partial charge < -0.3 is 10.5 Å². The van der Waals surface area contributed by atoms with E-state index >= 15 is 0 Å². The van der Waals surface area contributed by atoms with E-state index in [1.165, 1.54) is 0 Å². The van der Waals surface area contributed by atoms with Gasteiger partial charge in [-0.15, -0.1) is 0 Å². The molecule has 6 heteroatoms. The van der Waals surface area contributed by atoms with Crippen molar-refractivity contribution in [3.8, 4) is 5.75 Å². The number of nitrogens with zero attached hydrogens (tertiary/aromatic N) is 2. The molecule has 0 bridgehead atoms. The number of thioether (sulfide) groups is 1. The topological polar surface area (TPSA) is 67.9 Å². The molecule has 1 unspecified atom stereocenters. The Hall–Kier alpha value is -3.51. The molecule has 1 heterocycles. The van der Waals surface area contributed by atoms with Crippen molar-refractivity contribution in [2.24, 2.45) is 16.1 Å². The number of carbonyl (C=O) groups excluding carboxylic acids is 1. The summed E-state index contributed by atoms with van der Waals surface area (Å²) in [6, 6.07) is 25.5. The SMILES string of the molecule is CCOc1ccc(C2C3=C(CC(C)(C)CC3=O)Sc3ccccc3N2C(N)=Nc2ccccc2)cc1. The van der Waals surface area contributed by atoms with E-state index in [1.54, 1.807) is 11.8 Å². The van der Waals surface area contributed by atoms with Crippen molar-refractivity contribution in [2.75, 3.05) is 11.5 Å². The summed E-state index contributed by atoms with van der Waals surface area (Å²) in [5, 5.41) is 0. The number of guanidine groups is 1. The lowest BCUT2D eigenvalue weighted by Crippen LogP contribution is -2.43. The first-order valence-electron chi connectivity index (χ1n) is 12.3. The zero-order valence-corrected chi connectivity index (χ0v) is 21.7. The van der Waals surface area contributed by atoms with Crippen molar-refractivity contribution in [1.82, 2.24) is 0 Å². The number of hydrogen-bond donors (Lipinski definition) is 1. The van der Waals surface area contributed by atoms with Crippen LogP contribution in [0, 0.1) is 5.41 Å². The van der Waals surface area contributed by atoms with Gasteiger partial charge >= 0.3 is 0 Å². The lowest BCUT2D eigenvalue weighted by Gasteiger charge is -2.37. The van der Waals surface area contributed by atoms with Crippen molar-refractivity contribution in [3.05, 3.63) is 94.9 Å². The minimum Gasteiger partial charge on any atom is -0.494 e. The van der Waals surface area contributed by atoms with Gasteiger partial charge in [-0.2, -0.15) is 0 Å². The number of allylic oxidation sites excluding steroid dienone is 1. The fraction of sp³-hybridized carbons (Fsp3) is 0.267. The molecule has 1 atom stereocenters. The Bertz CT molecular complexity index is 1330. The normalized spacial score (nSPS) is 19.4. The van der Waals surface area contributed by atoms with E-state index in [-0.39, 0.29) is 11.2 Å². The minimum absolute atomic E-state index is 0.0971. The van der Waals surface area contributed by atoms with E-state index in [0.29, 0.717) is 19.0 Å². The van der Waals surface area contributed by atoms with Gasteiger partial charge in [0.2, 0.25) is 5.96 Å². The summed E-state index contributed by atoms with van der Waals surface area (Å²) in [4.78, 5) is 22.8. The van der Waals surface area contributed by atoms with Gasteiger partial charge in [0.1, 0.15) is 5.75 Å². The molecule has 0 saturated heterocycles. The molecule has 1 aliphatic carbocycles. The largest absolute Gasteiger partial charge is 0.494 e. The van der Waals surface area contributed by atoms with Crippen molar-refractivity contribution >= 4 is 34.9 Å². The molecular weight excluding hydrogens is 466 g/mol. The van der Waals surface area contributed by atoms with E-state index in [2.05, 4.69) is 26.0 Å². The third-order valence-corrected chi connectivity index (χ3v) is 7.70. The van der Waals surface area contributed by atoms with Crippen LogP contribution in [0.15, 0.2) is 99.2 Å². The molecule has 1 aliphatic heterocycles. The lowest BCUT2D eigenvalue weighted by atomic mass is 9.75. The van der Waals surface area contributed by atoms with Crippen LogP contribution in [0.1, 0.15) is 45.2 Å². The molecule has 184 valence electrons. The molecule has 2 aliphatic rings. The number of carbonyl (C=O) groups is 1. The Labute approximate surface area is 217 Å². The van der Waals surface area contributed by atoms with Crippen LogP contribution in [0.5, 0.6) is 5.75 Å². The Morgan fingerprint density at radius 1 is 1.03 bits per heavy atom. The number of ketones is 1. The molecule has 3 aromatic rings. The van der Waals surface area contributed by atoms with Crippen molar-refractivity contribution < 1.29 is 9.53 Å². The number of para-hydroxylation sites is 2. The Morgan fingerprint density at radius 2 is 1.72 bits per heavy atom. The second kappa shape index (κ2) is 9.86. The average Bonchev–Trinajstić information content (AvgIpc) is 2.99. The second-order valence-corrected chi connectivity index (χ2v) is 11.1. The predicted molar refractivity (Wildman–Crippen MR) is 148 cm³/mol. The molecule has 0 spiro atoms. The van der Waals surface area contributed by atoms with Gasteiger partial charge in [-0.1, -0.05) is 68.1 Å². The first-order valence-corrected chi connectivity index (χ1v) is 13.1. The summed E-state index contributed by atoms with van der Waals surface area (Å²) in [5.41, 5.74) is 10.2. The number of fused-ring (bicyclic) bond motifs is 1. The summed E-state index contributed by atoms with van der Waals surface area (Å²) < 4.78 is 5.69. The van der Waals surface area contributed by atoms with Crippen LogP contribution >= 0.6 is 11.8 Å². The van der Waals surface area contributed by atoms with E-state index in [4.69, 9.17) is 15.5 Å². The van der Waals surface area contributed by atoms with Gasteiger partial charge in [0.05, 0.1) is 24.0 Å². The number of nitrogens with two attached hydrogens (primary N) is 1. The highest BCUT2D eigenvalue weighted by Gasteiger charge is 2.42. The van der Waals surface area contributed by atoms with Crippen LogP contribution in [0.25, 0.3) is 0 Å². The smallest absolute Gasteiger partial charge is 0.201 e. The second-order valence-electron chi connectivity index (χ2n) is 9.93. The first-order chi connectivity index (χ1) is 17.4. The summed E-state index contributed by atoms with van der Waals surface area (Å²) >= 11 is 1.69. The molecule has 3 aromatic carbocycles. The molecule has 5 rings (SSSR count). The summed E-state index contributed by atoms with van der Waals surface area (Å²) in [6.07, 6.45) is 1.34. The van der Waals surface area contributed by atoms with E-state index in [9.17, 15) is 4.79 Å². The number of anilines is 1. The molecule has 2 N–H and O–H groups in total. The number of ether oxygens (including phenoxy) is 1. The summed E-state index contributed by atoms with van der Waals surface area (Å²) in [7, 11) is 0. The molecule has 0 amide bonds. The average molecular weight is 498 g/mol. The predicted octanol–water partition coefficient (Wildman–Crippen LogP) is 7.03. The fourth-order valence-electron chi connectivity index (χ4n) is 4.99. The summed E-state index contributed by atoms with van der Waals surface area (Å²) in [5.74, 6) is 1.31. The maximum atomic E-state index is 13.8. The van der Waals surface area contributed by atoms with Crippen molar-refractivity contribution in [3.63, 3.8) is 0 Å². The van der Waals surface area contributed by atoms with Gasteiger partial charge in [-0.05, 0) is 65.6 Å². The van der Waals surface area contributed by atoms with Crippen LogP contribution in [-0.2, 0) is 4.79 Å². The van der Waals surface area contributed by atoms with Crippen LogP contribution in [0.3, 0.4) is 0 Å².